The summed E-state index contributed by atoms with van der Waals surface area (Å²) in [4.78, 5) is 12.0. The summed E-state index contributed by atoms with van der Waals surface area (Å²) in [5.41, 5.74) is 6.65. The molecule has 2 N–H and O–H groups in total. The normalized spacial score (nSPS) is 10.7. The fourth-order valence-electron chi connectivity index (χ4n) is 1.36. The van der Waals surface area contributed by atoms with Crippen LogP contribution in [-0.4, -0.2) is 17.0 Å². The summed E-state index contributed by atoms with van der Waals surface area (Å²) < 4.78 is 0. The third-order valence-corrected chi connectivity index (χ3v) is 4.09. The Bertz CT molecular complexity index is 463. The van der Waals surface area contributed by atoms with Crippen molar-refractivity contribution in [3.8, 4) is 0 Å². The Morgan fingerprint density at radius 3 is 2.88 bits per heavy atom. The van der Waals surface area contributed by atoms with Crippen LogP contribution >= 0.6 is 22.7 Å². The minimum Gasteiger partial charge on any atom is -0.345 e. The molecule has 0 aliphatic heterocycles. The van der Waals surface area contributed by atoms with Gasteiger partial charge >= 0.3 is 0 Å². The zero-order valence-corrected chi connectivity index (χ0v) is 10.9. The Labute approximate surface area is 103 Å². The van der Waals surface area contributed by atoms with E-state index in [1.165, 1.54) is 0 Å². The molecule has 0 aliphatic carbocycles. The lowest BCUT2D eigenvalue weighted by Gasteiger charge is -2.13. The molecule has 6 heteroatoms. The van der Waals surface area contributed by atoms with Crippen LogP contribution in [0.5, 0.6) is 0 Å². The maximum Gasteiger partial charge on any atom is 0.185 e. The molecule has 0 saturated carbocycles. The summed E-state index contributed by atoms with van der Waals surface area (Å²) in [5, 5.41) is 4.18. The van der Waals surface area contributed by atoms with Crippen LogP contribution in [0.2, 0.25) is 0 Å². The summed E-state index contributed by atoms with van der Waals surface area (Å²) >= 11 is 3.31. The van der Waals surface area contributed by atoms with Crippen molar-refractivity contribution in [3.05, 3.63) is 27.2 Å². The molecular formula is C10H14N4S2. The van der Waals surface area contributed by atoms with Crippen molar-refractivity contribution in [1.82, 2.24) is 9.97 Å². The molecule has 0 bridgehead atoms. The van der Waals surface area contributed by atoms with Gasteiger partial charge in [0.2, 0.25) is 0 Å². The van der Waals surface area contributed by atoms with Crippen molar-refractivity contribution in [1.29, 1.82) is 0 Å². The number of aromatic nitrogens is 2. The van der Waals surface area contributed by atoms with E-state index in [0.717, 1.165) is 27.3 Å². The molecule has 4 nitrogen and oxygen atoms in total. The zero-order valence-electron chi connectivity index (χ0n) is 9.30. The maximum atomic E-state index is 5.56. The molecule has 2 aromatic heterocycles. The molecule has 86 valence electrons. The summed E-state index contributed by atoms with van der Waals surface area (Å²) in [6.45, 7) is 3.37. The standard InChI is InChI=1S/C10H14N4S2/c1-7-13-8(6-15-7)5-14(2)10-12-4-9(3-11)16-10/h4,6H,3,5,11H2,1-2H3. The van der Waals surface area contributed by atoms with Gasteiger partial charge in [-0.15, -0.1) is 22.7 Å². The topological polar surface area (TPSA) is 55.0 Å². The minimum atomic E-state index is 0.557. The maximum absolute atomic E-state index is 5.56. The van der Waals surface area contributed by atoms with E-state index in [-0.39, 0.29) is 0 Å². The van der Waals surface area contributed by atoms with E-state index in [0.29, 0.717) is 6.54 Å². The van der Waals surface area contributed by atoms with Crippen LogP contribution in [0.25, 0.3) is 0 Å². The van der Waals surface area contributed by atoms with E-state index in [1.807, 2.05) is 20.2 Å². The molecular weight excluding hydrogens is 240 g/mol. The lowest BCUT2D eigenvalue weighted by Crippen LogP contribution is -2.16. The van der Waals surface area contributed by atoms with Gasteiger partial charge in [-0.25, -0.2) is 9.97 Å². The third kappa shape index (κ3) is 2.58. The number of rotatable bonds is 4. The molecule has 0 fully saturated rings. The van der Waals surface area contributed by atoms with Gasteiger partial charge in [-0.3, -0.25) is 0 Å². The van der Waals surface area contributed by atoms with Crippen molar-refractivity contribution in [2.24, 2.45) is 5.73 Å². The van der Waals surface area contributed by atoms with Gasteiger partial charge in [0.1, 0.15) is 0 Å². The Morgan fingerprint density at radius 1 is 1.50 bits per heavy atom. The first kappa shape index (κ1) is 11.5. The fourth-order valence-corrected chi connectivity index (χ4v) is 2.71. The summed E-state index contributed by atoms with van der Waals surface area (Å²) in [5.74, 6) is 0. The number of hydrogen-bond acceptors (Lipinski definition) is 6. The quantitative estimate of drug-likeness (QED) is 0.906. The second kappa shape index (κ2) is 4.90. The van der Waals surface area contributed by atoms with Crippen LogP contribution in [0.15, 0.2) is 11.6 Å². The Hall–Kier alpha value is -0.980. The SMILES string of the molecule is Cc1nc(CN(C)c2ncc(CN)s2)cs1. The first-order valence-corrected chi connectivity index (χ1v) is 6.65. The molecule has 16 heavy (non-hydrogen) atoms. The lowest BCUT2D eigenvalue weighted by molar-refractivity contribution is 0.884. The predicted molar refractivity (Wildman–Crippen MR) is 69.0 cm³/mol. The fraction of sp³-hybridized carbons (Fsp3) is 0.400. The molecule has 0 spiro atoms. The van der Waals surface area contributed by atoms with Crippen molar-refractivity contribution >= 4 is 27.8 Å². The predicted octanol–water partition coefficient (Wildman–Crippen LogP) is 2.00. The average molecular weight is 254 g/mol. The highest BCUT2D eigenvalue weighted by atomic mass is 32.1. The van der Waals surface area contributed by atoms with Gasteiger partial charge in [-0.2, -0.15) is 0 Å². The van der Waals surface area contributed by atoms with Crippen LogP contribution in [0.3, 0.4) is 0 Å². The van der Waals surface area contributed by atoms with Gasteiger partial charge < -0.3 is 10.6 Å². The van der Waals surface area contributed by atoms with Gasteiger partial charge in [0.05, 0.1) is 17.2 Å². The largest absolute Gasteiger partial charge is 0.345 e. The molecule has 2 heterocycles. The second-order valence-electron chi connectivity index (χ2n) is 3.53. The highest BCUT2D eigenvalue weighted by Crippen LogP contribution is 2.22. The highest BCUT2D eigenvalue weighted by Gasteiger charge is 2.08. The number of thiazole rings is 2. The van der Waals surface area contributed by atoms with E-state index < -0.39 is 0 Å². The zero-order chi connectivity index (χ0) is 11.5. The molecule has 0 atom stereocenters. The Kier molecular flexibility index (Phi) is 3.52. The van der Waals surface area contributed by atoms with Gasteiger partial charge in [0, 0.05) is 30.0 Å². The van der Waals surface area contributed by atoms with Gasteiger partial charge in [-0.1, -0.05) is 0 Å². The molecule has 2 rings (SSSR count). The van der Waals surface area contributed by atoms with Gasteiger partial charge in [0.25, 0.3) is 0 Å². The van der Waals surface area contributed by atoms with Crippen LogP contribution in [0, 0.1) is 6.92 Å². The van der Waals surface area contributed by atoms with E-state index in [2.05, 4.69) is 20.2 Å². The van der Waals surface area contributed by atoms with Crippen molar-refractivity contribution < 1.29 is 0 Å². The molecule has 0 aliphatic rings. The molecule has 2 aromatic rings. The number of nitrogens with zero attached hydrogens (tertiary/aromatic N) is 3. The van der Waals surface area contributed by atoms with Gasteiger partial charge in [-0.05, 0) is 6.92 Å². The Morgan fingerprint density at radius 2 is 2.31 bits per heavy atom. The Balaban J connectivity index is 2.05. The van der Waals surface area contributed by atoms with E-state index in [1.54, 1.807) is 22.7 Å². The first-order valence-electron chi connectivity index (χ1n) is 4.96. The van der Waals surface area contributed by atoms with Crippen molar-refractivity contribution in [2.75, 3.05) is 11.9 Å². The minimum absolute atomic E-state index is 0.557. The van der Waals surface area contributed by atoms with Crippen LogP contribution in [-0.2, 0) is 13.1 Å². The molecule has 0 radical (unpaired) electrons. The monoisotopic (exact) mass is 254 g/mol. The summed E-state index contributed by atoms with van der Waals surface area (Å²) in [6.07, 6.45) is 1.84. The van der Waals surface area contributed by atoms with Crippen LogP contribution < -0.4 is 10.6 Å². The summed E-state index contributed by atoms with van der Waals surface area (Å²) in [6, 6.07) is 0. The second-order valence-corrected chi connectivity index (χ2v) is 5.68. The van der Waals surface area contributed by atoms with E-state index in [4.69, 9.17) is 5.73 Å². The highest BCUT2D eigenvalue weighted by molar-refractivity contribution is 7.15. The van der Waals surface area contributed by atoms with Crippen molar-refractivity contribution in [2.45, 2.75) is 20.0 Å². The number of nitrogens with two attached hydrogens (primary N) is 1. The van der Waals surface area contributed by atoms with Crippen molar-refractivity contribution in [3.63, 3.8) is 0 Å². The third-order valence-electron chi connectivity index (χ3n) is 2.13. The van der Waals surface area contributed by atoms with Crippen LogP contribution in [0.1, 0.15) is 15.6 Å². The lowest BCUT2D eigenvalue weighted by atomic mass is 10.4. The molecule has 0 aromatic carbocycles. The number of anilines is 1. The molecule has 0 saturated heterocycles. The number of hydrogen-bond donors (Lipinski definition) is 1. The van der Waals surface area contributed by atoms with E-state index >= 15 is 0 Å². The van der Waals surface area contributed by atoms with E-state index in [9.17, 15) is 0 Å². The first-order chi connectivity index (χ1) is 7.69. The smallest absolute Gasteiger partial charge is 0.185 e. The van der Waals surface area contributed by atoms with Crippen LogP contribution in [0.4, 0.5) is 5.13 Å². The average Bonchev–Trinajstić information content (AvgIpc) is 2.87. The molecule has 0 amide bonds. The molecule has 0 unspecified atom stereocenters. The van der Waals surface area contributed by atoms with Gasteiger partial charge in [0.15, 0.2) is 5.13 Å². The number of aryl methyl sites for hydroxylation is 1. The summed E-state index contributed by atoms with van der Waals surface area (Å²) in [7, 11) is 2.02.